The molecule has 19 heavy (non-hydrogen) atoms. The number of rotatable bonds is 5. The van der Waals surface area contributed by atoms with Crippen LogP contribution >= 0.6 is 12.4 Å². The molecule has 0 amide bonds. The van der Waals surface area contributed by atoms with Crippen molar-refractivity contribution in [1.82, 2.24) is 5.32 Å². The first-order valence-electron chi connectivity index (χ1n) is 6.36. The molecular formula is C15H20ClNO2. The highest BCUT2D eigenvalue weighted by Crippen LogP contribution is 2.30. The monoisotopic (exact) mass is 281 g/mol. The Morgan fingerprint density at radius 2 is 1.63 bits per heavy atom. The van der Waals surface area contributed by atoms with E-state index in [0.29, 0.717) is 0 Å². The Labute approximate surface area is 119 Å². The summed E-state index contributed by atoms with van der Waals surface area (Å²) in [6.45, 7) is 4.16. The minimum absolute atomic E-state index is 0. The summed E-state index contributed by atoms with van der Waals surface area (Å²) < 4.78 is 0. The van der Waals surface area contributed by atoms with Crippen molar-refractivity contribution in [2.45, 2.75) is 19.8 Å². The Hall–Kier alpha value is -1.45. The predicted octanol–water partition coefficient (Wildman–Crippen LogP) is 3.21. The number of phenolic OH excluding ortho intramolecular Hbond substituents is 2. The molecule has 0 atom stereocenters. The molecule has 3 N–H and O–H groups in total. The van der Waals surface area contributed by atoms with Crippen LogP contribution in [0.15, 0.2) is 30.3 Å². The normalized spacial score (nSPS) is 10.4. The van der Waals surface area contributed by atoms with Crippen LogP contribution in [0.5, 0.6) is 11.5 Å². The van der Waals surface area contributed by atoms with E-state index in [0.717, 1.165) is 36.7 Å². The summed E-state index contributed by atoms with van der Waals surface area (Å²) in [7, 11) is 0. The molecule has 0 fully saturated rings. The lowest BCUT2D eigenvalue weighted by Gasteiger charge is -2.06. The molecule has 2 rings (SSSR count). The van der Waals surface area contributed by atoms with Gasteiger partial charge in [0.25, 0.3) is 0 Å². The van der Waals surface area contributed by atoms with E-state index in [1.165, 1.54) is 5.56 Å². The zero-order valence-corrected chi connectivity index (χ0v) is 11.8. The molecule has 0 heterocycles. The van der Waals surface area contributed by atoms with Gasteiger partial charge in [-0.25, -0.2) is 0 Å². The fourth-order valence-corrected chi connectivity index (χ4v) is 2.01. The van der Waals surface area contributed by atoms with Gasteiger partial charge in [0.15, 0.2) is 11.5 Å². The smallest absolute Gasteiger partial charge is 0.158 e. The van der Waals surface area contributed by atoms with Gasteiger partial charge < -0.3 is 15.5 Å². The summed E-state index contributed by atoms with van der Waals surface area (Å²) in [6, 6.07) is 9.29. The number of aromatic hydroxyl groups is 2. The molecule has 0 aromatic heterocycles. The summed E-state index contributed by atoms with van der Waals surface area (Å²) in [4.78, 5) is 0. The van der Waals surface area contributed by atoms with Crippen LogP contribution in [-0.2, 0) is 6.42 Å². The lowest BCUT2D eigenvalue weighted by atomic mass is 10.0. The second-order valence-electron chi connectivity index (χ2n) is 4.52. The number of hydrogen-bond acceptors (Lipinski definition) is 3. The molecule has 0 radical (unpaired) electrons. The molecule has 3 nitrogen and oxygen atoms in total. The highest BCUT2D eigenvalue weighted by molar-refractivity contribution is 5.86. The number of hydrogen-bond donors (Lipinski definition) is 3. The molecule has 0 saturated carbocycles. The lowest BCUT2D eigenvalue weighted by Crippen LogP contribution is -2.17. The molecule has 0 spiro atoms. The van der Waals surface area contributed by atoms with Crippen LogP contribution in [0.1, 0.15) is 18.9 Å². The molecule has 0 bridgehead atoms. The van der Waals surface area contributed by atoms with E-state index in [1.807, 2.05) is 6.07 Å². The highest BCUT2D eigenvalue weighted by Gasteiger charge is 2.03. The zero-order chi connectivity index (χ0) is 13.0. The fraction of sp³-hybridized carbons (Fsp3) is 0.333. The van der Waals surface area contributed by atoms with Crippen LogP contribution in [0, 0.1) is 0 Å². The second-order valence-corrected chi connectivity index (χ2v) is 4.52. The van der Waals surface area contributed by atoms with Crippen LogP contribution in [0.25, 0.3) is 10.8 Å². The van der Waals surface area contributed by atoms with Crippen LogP contribution in [0.3, 0.4) is 0 Å². The number of benzene rings is 2. The first-order valence-corrected chi connectivity index (χ1v) is 6.36. The molecule has 2 aromatic rings. The molecular weight excluding hydrogens is 262 g/mol. The maximum atomic E-state index is 9.49. The van der Waals surface area contributed by atoms with Crippen molar-refractivity contribution in [1.29, 1.82) is 0 Å². The van der Waals surface area contributed by atoms with Gasteiger partial charge in [-0.2, -0.15) is 0 Å². The Kier molecular flexibility index (Phi) is 5.93. The largest absolute Gasteiger partial charge is 0.504 e. The standard InChI is InChI=1S/C15H19NO2.ClH/c1-2-6-16-7-5-11-3-4-12-9-14(17)15(18)10-13(12)8-11;/h3-4,8-10,16-18H,2,5-7H2,1H3;1H. The molecule has 0 aliphatic carbocycles. The van der Waals surface area contributed by atoms with E-state index in [-0.39, 0.29) is 23.9 Å². The third kappa shape index (κ3) is 4.01. The summed E-state index contributed by atoms with van der Waals surface area (Å²) >= 11 is 0. The van der Waals surface area contributed by atoms with Crippen molar-refractivity contribution in [3.8, 4) is 11.5 Å². The third-order valence-corrected chi connectivity index (χ3v) is 3.02. The first kappa shape index (κ1) is 15.6. The van der Waals surface area contributed by atoms with E-state index in [4.69, 9.17) is 0 Å². The van der Waals surface area contributed by atoms with Crippen LogP contribution in [-0.4, -0.2) is 23.3 Å². The number of phenols is 2. The molecule has 4 heteroatoms. The minimum atomic E-state index is -0.0696. The summed E-state index contributed by atoms with van der Waals surface area (Å²) in [5, 5.41) is 24.2. The Morgan fingerprint density at radius 1 is 0.947 bits per heavy atom. The van der Waals surface area contributed by atoms with Crippen molar-refractivity contribution in [2.24, 2.45) is 0 Å². The summed E-state index contributed by atoms with van der Waals surface area (Å²) in [6.07, 6.45) is 2.11. The quantitative estimate of drug-likeness (QED) is 0.583. The SMILES string of the molecule is CCCNCCc1ccc2cc(O)c(O)cc2c1.Cl. The molecule has 0 unspecified atom stereocenters. The Morgan fingerprint density at radius 3 is 2.32 bits per heavy atom. The lowest BCUT2D eigenvalue weighted by molar-refractivity contribution is 0.405. The van der Waals surface area contributed by atoms with Crippen LogP contribution < -0.4 is 5.32 Å². The minimum Gasteiger partial charge on any atom is -0.504 e. The topological polar surface area (TPSA) is 52.5 Å². The van der Waals surface area contributed by atoms with E-state index in [9.17, 15) is 10.2 Å². The third-order valence-electron chi connectivity index (χ3n) is 3.02. The number of fused-ring (bicyclic) bond motifs is 1. The van der Waals surface area contributed by atoms with Gasteiger partial charge in [0.2, 0.25) is 0 Å². The zero-order valence-electron chi connectivity index (χ0n) is 11.0. The molecule has 2 aromatic carbocycles. The maximum absolute atomic E-state index is 9.49. The first-order chi connectivity index (χ1) is 8.70. The maximum Gasteiger partial charge on any atom is 0.158 e. The van der Waals surface area contributed by atoms with Crippen molar-refractivity contribution < 1.29 is 10.2 Å². The molecule has 0 aliphatic rings. The Bertz CT molecular complexity index is 543. The van der Waals surface area contributed by atoms with Gasteiger partial charge in [-0.3, -0.25) is 0 Å². The van der Waals surface area contributed by atoms with E-state index in [2.05, 4.69) is 24.4 Å². The molecule has 0 saturated heterocycles. The average molecular weight is 282 g/mol. The predicted molar refractivity (Wildman–Crippen MR) is 81.4 cm³/mol. The molecule has 104 valence electrons. The van der Waals surface area contributed by atoms with Crippen molar-refractivity contribution in [3.05, 3.63) is 35.9 Å². The van der Waals surface area contributed by atoms with Gasteiger partial charge in [0.1, 0.15) is 0 Å². The average Bonchev–Trinajstić information content (AvgIpc) is 2.36. The van der Waals surface area contributed by atoms with Crippen LogP contribution in [0.4, 0.5) is 0 Å². The van der Waals surface area contributed by atoms with Gasteiger partial charge in [0.05, 0.1) is 0 Å². The number of halogens is 1. The summed E-state index contributed by atoms with van der Waals surface area (Å²) in [5.41, 5.74) is 1.23. The second kappa shape index (κ2) is 7.22. The highest BCUT2D eigenvalue weighted by atomic mass is 35.5. The Balaban J connectivity index is 0.00000180. The van der Waals surface area contributed by atoms with Crippen LogP contribution in [0.2, 0.25) is 0 Å². The number of nitrogens with one attached hydrogen (secondary N) is 1. The molecule has 0 aliphatic heterocycles. The van der Waals surface area contributed by atoms with Gasteiger partial charge in [-0.1, -0.05) is 25.1 Å². The van der Waals surface area contributed by atoms with Crippen molar-refractivity contribution >= 4 is 23.2 Å². The van der Waals surface area contributed by atoms with Gasteiger partial charge in [-0.15, -0.1) is 12.4 Å². The van der Waals surface area contributed by atoms with Crippen molar-refractivity contribution in [3.63, 3.8) is 0 Å². The van der Waals surface area contributed by atoms with E-state index < -0.39 is 0 Å². The van der Waals surface area contributed by atoms with Gasteiger partial charge >= 0.3 is 0 Å². The van der Waals surface area contributed by atoms with Crippen molar-refractivity contribution in [2.75, 3.05) is 13.1 Å². The van der Waals surface area contributed by atoms with E-state index >= 15 is 0 Å². The van der Waals surface area contributed by atoms with Gasteiger partial charge in [0, 0.05) is 0 Å². The van der Waals surface area contributed by atoms with E-state index in [1.54, 1.807) is 12.1 Å². The summed E-state index contributed by atoms with van der Waals surface area (Å²) in [5.74, 6) is -0.136. The fourth-order valence-electron chi connectivity index (χ4n) is 2.01. The van der Waals surface area contributed by atoms with Gasteiger partial charge in [-0.05, 0) is 54.4 Å².